The van der Waals surface area contributed by atoms with Crippen LogP contribution < -0.4 is 5.32 Å². The number of piperidine rings is 1. The molecule has 2 saturated heterocycles. The van der Waals surface area contributed by atoms with Gasteiger partial charge in [-0.15, -0.1) is 0 Å². The van der Waals surface area contributed by atoms with Crippen molar-refractivity contribution in [1.82, 2.24) is 25.3 Å². The lowest BCUT2D eigenvalue weighted by Gasteiger charge is -2.36. The molecule has 3 heterocycles. The van der Waals surface area contributed by atoms with Gasteiger partial charge in [0, 0.05) is 40.0 Å². The maximum atomic E-state index is 12.5. The zero-order valence-corrected chi connectivity index (χ0v) is 19.3. The summed E-state index contributed by atoms with van der Waals surface area (Å²) in [5.41, 5.74) is 0. The smallest absolute Gasteiger partial charge is 0.455 e. The first kappa shape index (κ1) is 30.2. The third-order valence-corrected chi connectivity index (χ3v) is 4.56. The summed E-state index contributed by atoms with van der Waals surface area (Å²) in [6.07, 6.45) is -5.00. The lowest BCUT2D eigenvalue weighted by atomic mass is 10.0. The van der Waals surface area contributed by atoms with Gasteiger partial charge < -0.3 is 29.9 Å². The van der Waals surface area contributed by atoms with Gasteiger partial charge in [0.25, 0.3) is 17.8 Å². The summed E-state index contributed by atoms with van der Waals surface area (Å²) in [5, 5.41) is 30.7. The number of likely N-dealkylation sites (tertiary alicyclic amines) is 1. The zero-order chi connectivity index (χ0) is 26.6. The molecule has 200 valence electrons. The number of nitrogens with zero attached hydrogens (tertiary/aromatic N) is 4. The highest BCUT2D eigenvalue weighted by atomic mass is 19.4. The Morgan fingerprint density at radius 2 is 1.66 bits per heavy atom. The van der Waals surface area contributed by atoms with Gasteiger partial charge in [-0.25, -0.2) is 0 Å². The van der Waals surface area contributed by atoms with E-state index in [2.05, 4.69) is 20.0 Å². The van der Waals surface area contributed by atoms with E-state index in [0.29, 0.717) is 39.3 Å². The third-order valence-electron chi connectivity index (χ3n) is 4.56. The Morgan fingerprint density at radius 3 is 2.17 bits per heavy atom. The fraction of sp³-hybridized carbons (Fsp3) is 0.737. The summed E-state index contributed by atoms with van der Waals surface area (Å²) in [4.78, 5) is 37.3. The number of carboxylic acid groups (broad SMARTS) is 2. The minimum Gasteiger partial charge on any atom is -0.481 e. The number of nitrogens with one attached hydrogen (secondary N) is 1. The number of carboxylic acids is 2. The van der Waals surface area contributed by atoms with Crippen molar-refractivity contribution in [3.63, 3.8) is 0 Å². The SMILES string of the molecule is CC(=O)O.CC(=O)O.O=C(CN1CCOCC1)N[C@@H]1CN(Cc2nc(C(F)(F)F)no2)CC[C@@H]1O. The second kappa shape index (κ2) is 14.6. The molecular formula is C19H30F3N5O8. The number of aliphatic carboxylic acids is 2. The fourth-order valence-electron chi connectivity index (χ4n) is 3.13. The summed E-state index contributed by atoms with van der Waals surface area (Å²) < 4.78 is 47.5. The highest BCUT2D eigenvalue weighted by Crippen LogP contribution is 2.26. The van der Waals surface area contributed by atoms with Gasteiger partial charge >= 0.3 is 6.18 Å². The molecule has 2 aliphatic rings. The number of hydrogen-bond acceptors (Lipinski definition) is 10. The van der Waals surface area contributed by atoms with E-state index in [9.17, 15) is 23.1 Å². The molecule has 0 aromatic carbocycles. The number of aromatic nitrogens is 2. The Morgan fingerprint density at radius 1 is 1.09 bits per heavy atom. The molecule has 0 aliphatic carbocycles. The van der Waals surface area contributed by atoms with E-state index in [1.165, 1.54) is 0 Å². The Balaban J connectivity index is 0.000000668. The number of ether oxygens (including phenoxy) is 1. The van der Waals surface area contributed by atoms with Crippen LogP contribution in [0, 0.1) is 0 Å². The van der Waals surface area contributed by atoms with Crippen LogP contribution in [0.1, 0.15) is 32.0 Å². The number of alkyl halides is 3. The Kier molecular flexibility index (Phi) is 12.6. The Bertz CT molecular complexity index is 797. The third kappa shape index (κ3) is 13.0. The van der Waals surface area contributed by atoms with Crippen LogP contribution in [0.25, 0.3) is 0 Å². The van der Waals surface area contributed by atoms with E-state index in [4.69, 9.17) is 24.5 Å². The number of aliphatic hydroxyl groups excluding tert-OH is 1. The zero-order valence-electron chi connectivity index (χ0n) is 19.3. The summed E-state index contributed by atoms with van der Waals surface area (Å²) >= 11 is 0. The number of halogens is 3. The predicted octanol–water partition coefficient (Wildman–Crippen LogP) is -0.346. The van der Waals surface area contributed by atoms with Crippen molar-refractivity contribution >= 4 is 17.8 Å². The molecule has 13 nitrogen and oxygen atoms in total. The average molecular weight is 513 g/mol. The van der Waals surface area contributed by atoms with Gasteiger partial charge in [0.1, 0.15) is 0 Å². The molecule has 35 heavy (non-hydrogen) atoms. The van der Waals surface area contributed by atoms with Crippen LogP contribution in [0.4, 0.5) is 13.2 Å². The predicted molar refractivity (Wildman–Crippen MR) is 111 cm³/mol. The number of morpholine rings is 1. The van der Waals surface area contributed by atoms with Gasteiger partial charge in [-0.2, -0.15) is 18.2 Å². The number of carbonyl (C=O) groups is 3. The quantitative estimate of drug-likeness (QED) is 0.403. The van der Waals surface area contributed by atoms with Crippen molar-refractivity contribution in [1.29, 1.82) is 0 Å². The van der Waals surface area contributed by atoms with Crippen LogP contribution in [0.3, 0.4) is 0 Å². The van der Waals surface area contributed by atoms with Crippen molar-refractivity contribution in [3.05, 3.63) is 11.7 Å². The molecule has 16 heteroatoms. The molecule has 0 spiro atoms. The summed E-state index contributed by atoms with van der Waals surface area (Å²) in [5.74, 6) is -3.35. The van der Waals surface area contributed by atoms with Gasteiger partial charge in [-0.1, -0.05) is 5.16 Å². The minimum atomic E-state index is -4.66. The van der Waals surface area contributed by atoms with Crippen molar-refractivity contribution < 1.29 is 52.1 Å². The van der Waals surface area contributed by atoms with Gasteiger partial charge in [0.2, 0.25) is 11.8 Å². The van der Waals surface area contributed by atoms with Gasteiger partial charge in [-0.3, -0.25) is 24.2 Å². The first-order chi connectivity index (χ1) is 16.3. The Labute approximate surface area is 198 Å². The number of hydrogen-bond donors (Lipinski definition) is 4. The average Bonchev–Trinajstić information content (AvgIpc) is 3.19. The second-order valence-corrected chi connectivity index (χ2v) is 7.70. The van der Waals surface area contributed by atoms with Crippen molar-refractivity contribution in [2.45, 2.75) is 45.1 Å². The lowest BCUT2D eigenvalue weighted by Crippen LogP contribution is -2.56. The second-order valence-electron chi connectivity index (χ2n) is 7.70. The van der Waals surface area contributed by atoms with Crippen LogP contribution >= 0.6 is 0 Å². The van der Waals surface area contributed by atoms with Crippen molar-refractivity contribution in [2.75, 3.05) is 45.9 Å². The summed E-state index contributed by atoms with van der Waals surface area (Å²) in [6, 6.07) is -0.516. The number of aliphatic hydroxyl groups is 1. The maximum Gasteiger partial charge on any atom is 0.455 e. The largest absolute Gasteiger partial charge is 0.481 e. The van der Waals surface area contributed by atoms with Gasteiger partial charge in [0.15, 0.2) is 0 Å². The van der Waals surface area contributed by atoms with E-state index in [1.807, 2.05) is 4.90 Å². The Hall–Kier alpha value is -2.82. The highest BCUT2D eigenvalue weighted by Gasteiger charge is 2.38. The van der Waals surface area contributed by atoms with Crippen LogP contribution in [0.5, 0.6) is 0 Å². The highest BCUT2D eigenvalue weighted by molar-refractivity contribution is 5.78. The molecule has 1 aromatic heterocycles. The molecular weight excluding hydrogens is 483 g/mol. The molecule has 0 radical (unpaired) electrons. The number of amides is 1. The monoisotopic (exact) mass is 513 g/mol. The normalized spacial score (nSPS) is 21.1. The first-order valence-electron chi connectivity index (χ1n) is 10.6. The van der Waals surface area contributed by atoms with Crippen LogP contribution in [0.15, 0.2) is 4.52 Å². The molecule has 3 rings (SSSR count). The van der Waals surface area contributed by atoms with Gasteiger partial charge in [-0.05, 0) is 6.42 Å². The van der Waals surface area contributed by atoms with E-state index in [-0.39, 0.29) is 31.4 Å². The van der Waals surface area contributed by atoms with E-state index < -0.39 is 36.1 Å². The van der Waals surface area contributed by atoms with E-state index in [0.717, 1.165) is 13.8 Å². The molecule has 0 saturated carbocycles. The molecule has 0 unspecified atom stereocenters. The minimum absolute atomic E-state index is 0.0195. The maximum absolute atomic E-state index is 12.5. The molecule has 1 amide bonds. The molecule has 0 bridgehead atoms. The summed E-state index contributed by atoms with van der Waals surface area (Å²) in [6.45, 7) is 5.63. The summed E-state index contributed by atoms with van der Waals surface area (Å²) in [7, 11) is 0. The van der Waals surface area contributed by atoms with E-state index >= 15 is 0 Å². The molecule has 1 aromatic rings. The molecule has 2 fully saturated rings. The molecule has 2 atom stereocenters. The van der Waals surface area contributed by atoms with Crippen molar-refractivity contribution in [3.8, 4) is 0 Å². The van der Waals surface area contributed by atoms with Gasteiger partial charge in [0.05, 0.1) is 38.4 Å². The van der Waals surface area contributed by atoms with E-state index in [1.54, 1.807) is 4.90 Å². The van der Waals surface area contributed by atoms with Crippen LogP contribution in [-0.4, -0.2) is 111 Å². The standard InChI is InChI=1S/C15H22F3N5O4.2C2H4O2/c16-15(17,18)14-20-13(27-21-14)9-23-2-1-11(24)10(7-23)19-12(25)8-22-3-5-26-6-4-22;2*1-2(3)4/h10-11,24H,1-9H2,(H,19,25);2*1H3,(H,3,4)/t10-,11+;;/m1../s1. The number of carbonyl (C=O) groups excluding carboxylic acids is 1. The van der Waals surface area contributed by atoms with Crippen LogP contribution in [-0.2, 0) is 31.8 Å². The van der Waals surface area contributed by atoms with Crippen molar-refractivity contribution in [2.24, 2.45) is 0 Å². The molecule has 4 N–H and O–H groups in total. The topological polar surface area (TPSA) is 179 Å². The first-order valence-corrected chi connectivity index (χ1v) is 10.6. The molecule has 2 aliphatic heterocycles. The van der Waals surface area contributed by atoms with Crippen LogP contribution in [0.2, 0.25) is 0 Å². The fourth-order valence-corrected chi connectivity index (χ4v) is 3.13. The lowest BCUT2D eigenvalue weighted by molar-refractivity contribution is -0.146. The number of rotatable bonds is 5.